The lowest BCUT2D eigenvalue weighted by atomic mass is 9.86. The van der Waals surface area contributed by atoms with Crippen LogP contribution in [0.15, 0.2) is 10.4 Å². The van der Waals surface area contributed by atoms with Crippen LogP contribution >= 0.6 is 11.3 Å². The van der Waals surface area contributed by atoms with Crippen molar-refractivity contribution < 1.29 is 0 Å². The van der Waals surface area contributed by atoms with E-state index in [4.69, 9.17) is 11.5 Å². The Hall–Kier alpha value is -1.10. The zero-order valence-corrected chi connectivity index (χ0v) is 8.76. The summed E-state index contributed by atoms with van der Waals surface area (Å²) in [5.74, 6) is 0.830. The predicted octanol–water partition coefficient (Wildman–Crippen LogP) is 1.18. The molecule has 1 heterocycles. The van der Waals surface area contributed by atoms with Crippen LogP contribution in [0, 0.1) is 0 Å². The standard InChI is InChI=1S/C9H14N4S/c10-9(11)12-4-7-5-14-8(13-7)6-2-1-3-6/h5-6H,1-4H2,(H4,10,11,12). The number of nitrogens with two attached hydrogens (primary N) is 2. The average Bonchev–Trinajstić information content (AvgIpc) is 2.46. The Morgan fingerprint density at radius 1 is 1.57 bits per heavy atom. The molecule has 1 aromatic rings. The molecule has 1 saturated carbocycles. The fraction of sp³-hybridized carbons (Fsp3) is 0.556. The van der Waals surface area contributed by atoms with E-state index >= 15 is 0 Å². The first-order chi connectivity index (χ1) is 6.75. The van der Waals surface area contributed by atoms with Crippen molar-refractivity contribution in [2.45, 2.75) is 31.7 Å². The molecule has 5 heteroatoms. The number of guanidine groups is 1. The highest BCUT2D eigenvalue weighted by Crippen LogP contribution is 2.37. The smallest absolute Gasteiger partial charge is 0.186 e. The van der Waals surface area contributed by atoms with Crippen LogP contribution in [-0.2, 0) is 6.54 Å². The van der Waals surface area contributed by atoms with Crippen molar-refractivity contribution in [2.24, 2.45) is 16.5 Å². The summed E-state index contributed by atoms with van der Waals surface area (Å²) in [6.07, 6.45) is 3.91. The Labute approximate surface area is 87.1 Å². The predicted molar refractivity (Wildman–Crippen MR) is 58.2 cm³/mol. The van der Waals surface area contributed by atoms with Crippen LogP contribution in [-0.4, -0.2) is 10.9 Å². The molecule has 0 bridgehead atoms. The van der Waals surface area contributed by atoms with E-state index < -0.39 is 0 Å². The van der Waals surface area contributed by atoms with Gasteiger partial charge in [-0.15, -0.1) is 11.3 Å². The normalized spacial score (nSPS) is 16.3. The van der Waals surface area contributed by atoms with Crippen molar-refractivity contribution in [3.8, 4) is 0 Å². The lowest BCUT2D eigenvalue weighted by Gasteiger charge is -2.22. The van der Waals surface area contributed by atoms with Crippen LogP contribution in [0.1, 0.15) is 35.9 Å². The van der Waals surface area contributed by atoms with Gasteiger partial charge in [-0.25, -0.2) is 9.98 Å². The summed E-state index contributed by atoms with van der Waals surface area (Å²) in [4.78, 5) is 8.43. The van der Waals surface area contributed by atoms with E-state index in [0.29, 0.717) is 12.5 Å². The number of nitrogens with zero attached hydrogens (tertiary/aromatic N) is 2. The molecule has 4 nitrogen and oxygen atoms in total. The van der Waals surface area contributed by atoms with E-state index in [1.807, 2.05) is 5.38 Å². The van der Waals surface area contributed by atoms with E-state index in [1.165, 1.54) is 24.3 Å². The summed E-state index contributed by atoms with van der Waals surface area (Å²) >= 11 is 1.72. The summed E-state index contributed by atoms with van der Waals surface area (Å²) in [5.41, 5.74) is 11.5. The summed E-state index contributed by atoms with van der Waals surface area (Å²) in [5, 5.41) is 3.29. The maximum atomic E-state index is 5.25. The molecule has 0 atom stereocenters. The molecule has 76 valence electrons. The number of aromatic nitrogens is 1. The molecule has 4 N–H and O–H groups in total. The molecule has 0 amide bonds. The van der Waals surface area contributed by atoms with Gasteiger partial charge in [0.2, 0.25) is 0 Å². The van der Waals surface area contributed by atoms with Gasteiger partial charge in [-0.3, -0.25) is 0 Å². The van der Waals surface area contributed by atoms with Crippen molar-refractivity contribution in [1.82, 2.24) is 4.98 Å². The number of thiazole rings is 1. The summed E-state index contributed by atoms with van der Waals surface area (Å²) in [7, 11) is 0. The van der Waals surface area contributed by atoms with Crippen LogP contribution in [0.4, 0.5) is 0 Å². The molecule has 0 radical (unpaired) electrons. The van der Waals surface area contributed by atoms with Gasteiger partial charge in [0.25, 0.3) is 0 Å². The molecule has 0 aromatic carbocycles. The van der Waals surface area contributed by atoms with Gasteiger partial charge in [0.15, 0.2) is 5.96 Å². The molecule has 0 spiro atoms. The highest BCUT2D eigenvalue weighted by Gasteiger charge is 2.22. The molecule has 0 unspecified atom stereocenters. The molecular formula is C9H14N4S. The molecule has 0 saturated heterocycles. The largest absolute Gasteiger partial charge is 0.370 e. The van der Waals surface area contributed by atoms with Crippen molar-refractivity contribution in [3.63, 3.8) is 0 Å². The van der Waals surface area contributed by atoms with Crippen molar-refractivity contribution in [3.05, 3.63) is 16.1 Å². The topological polar surface area (TPSA) is 77.3 Å². The van der Waals surface area contributed by atoms with Crippen LogP contribution in [0.25, 0.3) is 0 Å². The maximum absolute atomic E-state index is 5.25. The highest BCUT2D eigenvalue weighted by molar-refractivity contribution is 7.09. The SMILES string of the molecule is NC(N)=NCc1csc(C2CCC2)n1. The van der Waals surface area contributed by atoms with E-state index in [0.717, 1.165) is 5.69 Å². The Bertz CT molecular complexity index is 336. The number of hydrogen-bond donors (Lipinski definition) is 2. The first kappa shape index (κ1) is 9.45. The molecule has 1 aliphatic carbocycles. The Balaban J connectivity index is 1.98. The van der Waals surface area contributed by atoms with Gasteiger partial charge in [0.1, 0.15) is 0 Å². The number of hydrogen-bond acceptors (Lipinski definition) is 3. The maximum Gasteiger partial charge on any atom is 0.186 e. The fourth-order valence-electron chi connectivity index (χ4n) is 1.41. The van der Waals surface area contributed by atoms with Gasteiger partial charge in [-0.1, -0.05) is 6.42 Å². The number of aliphatic imine (C=N–C) groups is 1. The van der Waals surface area contributed by atoms with Gasteiger partial charge in [0, 0.05) is 11.3 Å². The van der Waals surface area contributed by atoms with Crippen LogP contribution in [0.3, 0.4) is 0 Å². The molecule has 2 rings (SSSR count). The fourth-order valence-corrected chi connectivity index (χ4v) is 2.39. The van der Waals surface area contributed by atoms with Gasteiger partial charge in [-0.2, -0.15) is 0 Å². The molecular weight excluding hydrogens is 196 g/mol. The molecule has 14 heavy (non-hydrogen) atoms. The van der Waals surface area contributed by atoms with E-state index in [9.17, 15) is 0 Å². The Morgan fingerprint density at radius 2 is 2.36 bits per heavy atom. The Kier molecular flexibility index (Phi) is 2.67. The van der Waals surface area contributed by atoms with Crippen molar-refractivity contribution in [1.29, 1.82) is 0 Å². The lowest BCUT2D eigenvalue weighted by Crippen LogP contribution is -2.22. The summed E-state index contributed by atoms with van der Waals surface area (Å²) in [6.45, 7) is 0.506. The zero-order chi connectivity index (χ0) is 9.97. The minimum absolute atomic E-state index is 0.128. The van der Waals surface area contributed by atoms with E-state index in [-0.39, 0.29) is 5.96 Å². The van der Waals surface area contributed by atoms with Gasteiger partial charge < -0.3 is 11.5 Å². The molecule has 1 aliphatic rings. The average molecular weight is 210 g/mol. The van der Waals surface area contributed by atoms with Crippen LogP contribution < -0.4 is 11.5 Å². The van der Waals surface area contributed by atoms with Gasteiger partial charge in [-0.05, 0) is 12.8 Å². The van der Waals surface area contributed by atoms with Gasteiger partial charge in [0.05, 0.1) is 17.2 Å². The zero-order valence-electron chi connectivity index (χ0n) is 7.94. The lowest BCUT2D eigenvalue weighted by molar-refractivity contribution is 0.418. The quantitative estimate of drug-likeness (QED) is 0.581. The first-order valence-corrected chi connectivity index (χ1v) is 5.63. The molecule has 0 aliphatic heterocycles. The second kappa shape index (κ2) is 3.96. The van der Waals surface area contributed by atoms with Crippen molar-refractivity contribution in [2.75, 3.05) is 0 Å². The monoisotopic (exact) mass is 210 g/mol. The summed E-state index contributed by atoms with van der Waals surface area (Å²) in [6, 6.07) is 0. The number of rotatable bonds is 3. The third-order valence-electron chi connectivity index (χ3n) is 2.45. The second-order valence-corrected chi connectivity index (χ2v) is 4.44. The van der Waals surface area contributed by atoms with Crippen molar-refractivity contribution >= 4 is 17.3 Å². The van der Waals surface area contributed by atoms with Crippen LogP contribution in [0.2, 0.25) is 0 Å². The van der Waals surface area contributed by atoms with Crippen LogP contribution in [0.5, 0.6) is 0 Å². The molecule has 1 fully saturated rings. The third-order valence-corrected chi connectivity index (χ3v) is 3.50. The second-order valence-electron chi connectivity index (χ2n) is 3.55. The summed E-state index contributed by atoms with van der Waals surface area (Å²) < 4.78 is 0. The Morgan fingerprint density at radius 3 is 2.93 bits per heavy atom. The molecule has 1 aromatic heterocycles. The first-order valence-electron chi connectivity index (χ1n) is 4.75. The van der Waals surface area contributed by atoms with Gasteiger partial charge >= 0.3 is 0 Å². The third kappa shape index (κ3) is 2.04. The minimum atomic E-state index is 0.128. The minimum Gasteiger partial charge on any atom is -0.370 e. The van der Waals surface area contributed by atoms with E-state index in [1.54, 1.807) is 11.3 Å². The van der Waals surface area contributed by atoms with E-state index in [2.05, 4.69) is 9.98 Å². The highest BCUT2D eigenvalue weighted by atomic mass is 32.1.